The van der Waals surface area contributed by atoms with E-state index in [1.54, 1.807) is 12.4 Å². The molecule has 2 fully saturated rings. The molecule has 28 heavy (non-hydrogen) atoms. The normalized spacial score (nSPS) is 18.8. The fourth-order valence-electron chi connectivity index (χ4n) is 4.22. The van der Waals surface area contributed by atoms with Crippen LogP contribution in [0.5, 0.6) is 0 Å². The van der Waals surface area contributed by atoms with Gasteiger partial charge >= 0.3 is 0 Å². The minimum atomic E-state index is 0.154. The molecule has 0 spiro atoms. The molecule has 2 aliphatic rings. The first kappa shape index (κ1) is 18.9. The predicted molar refractivity (Wildman–Crippen MR) is 110 cm³/mol. The highest BCUT2D eigenvalue weighted by molar-refractivity contribution is 5.94. The van der Waals surface area contributed by atoms with Crippen LogP contribution in [0.15, 0.2) is 42.7 Å². The number of aromatic nitrogens is 2. The van der Waals surface area contributed by atoms with E-state index in [4.69, 9.17) is 0 Å². The number of carbonyl (C=O) groups excluding carboxylic acids is 1. The van der Waals surface area contributed by atoms with Gasteiger partial charge in [0.25, 0.3) is 5.91 Å². The highest BCUT2D eigenvalue weighted by Crippen LogP contribution is 2.21. The zero-order valence-corrected chi connectivity index (χ0v) is 16.3. The summed E-state index contributed by atoms with van der Waals surface area (Å²) >= 11 is 0. The lowest BCUT2D eigenvalue weighted by Gasteiger charge is -2.32. The van der Waals surface area contributed by atoms with Crippen LogP contribution >= 0.6 is 0 Å². The largest absolute Gasteiger partial charge is 0.351 e. The molecule has 0 unspecified atom stereocenters. The molecule has 6 heteroatoms. The third-order valence-corrected chi connectivity index (χ3v) is 5.84. The molecule has 0 saturated carbocycles. The number of carbonyl (C=O) groups is 1. The highest BCUT2D eigenvalue weighted by Gasteiger charge is 2.24. The summed E-state index contributed by atoms with van der Waals surface area (Å²) in [5.41, 5.74) is 2.11. The number of amides is 1. The maximum absolute atomic E-state index is 13.0. The summed E-state index contributed by atoms with van der Waals surface area (Å²) in [4.78, 5) is 23.4. The minimum absolute atomic E-state index is 0.154. The summed E-state index contributed by atoms with van der Waals surface area (Å²) in [5.74, 6) is 1.55. The molecule has 2 aliphatic heterocycles. The van der Waals surface area contributed by atoms with Crippen LogP contribution in [-0.2, 0) is 6.42 Å². The number of rotatable bonds is 5. The van der Waals surface area contributed by atoms with Crippen molar-refractivity contribution < 1.29 is 4.79 Å². The molecule has 0 radical (unpaired) electrons. The van der Waals surface area contributed by atoms with Gasteiger partial charge in [-0.2, -0.15) is 0 Å². The second-order valence-corrected chi connectivity index (χ2v) is 7.88. The van der Waals surface area contributed by atoms with Gasteiger partial charge in [-0.1, -0.05) is 12.1 Å². The van der Waals surface area contributed by atoms with Crippen LogP contribution in [0, 0.1) is 5.92 Å². The van der Waals surface area contributed by atoms with Crippen LogP contribution in [0.25, 0.3) is 0 Å². The van der Waals surface area contributed by atoms with Gasteiger partial charge < -0.3 is 15.5 Å². The van der Waals surface area contributed by atoms with E-state index in [9.17, 15) is 4.79 Å². The standard InChI is InChI=1S/C22H29N5O/c28-21(19-4-1-3-18(16-19)15-17-5-11-23-12-6-17)27-13-7-20(8-14-27)26-22-24-9-2-10-25-22/h1-4,9-10,16-17,20,23H,5-8,11-15H2,(H,24,25,26). The fraction of sp³-hybridized carbons (Fsp3) is 0.500. The summed E-state index contributed by atoms with van der Waals surface area (Å²) < 4.78 is 0. The van der Waals surface area contributed by atoms with Gasteiger partial charge in [0.1, 0.15) is 0 Å². The molecule has 6 nitrogen and oxygen atoms in total. The zero-order valence-electron chi connectivity index (χ0n) is 16.3. The van der Waals surface area contributed by atoms with Crippen molar-refractivity contribution in [3.05, 3.63) is 53.9 Å². The Morgan fingerprint density at radius 3 is 2.57 bits per heavy atom. The highest BCUT2D eigenvalue weighted by atomic mass is 16.2. The van der Waals surface area contributed by atoms with Gasteiger partial charge in [-0.3, -0.25) is 4.79 Å². The molecule has 2 saturated heterocycles. The first-order chi connectivity index (χ1) is 13.8. The zero-order chi connectivity index (χ0) is 19.2. The molecule has 4 rings (SSSR count). The van der Waals surface area contributed by atoms with Gasteiger partial charge in [-0.05, 0) is 74.9 Å². The average molecular weight is 380 g/mol. The van der Waals surface area contributed by atoms with E-state index in [-0.39, 0.29) is 5.91 Å². The number of nitrogens with one attached hydrogen (secondary N) is 2. The van der Waals surface area contributed by atoms with Gasteiger partial charge in [0.2, 0.25) is 5.95 Å². The lowest BCUT2D eigenvalue weighted by atomic mass is 9.90. The number of hydrogen-bond donors (Lipinski definition) is 2. The third kappa shape index (κ3) is 4.87. The summed E-state index contributed by atoms with van der Waals surface area (Å²) in [6, 6.07) is 10.4. The van der Waals surface area contributed by atoms with Crippen molar-refractivity contribution >= 4 is 11.9 Å². The third-order valence-electron chi connectivity index (χ3n) is 5.84. The van der Waals surface area contributed by atoms with Crippen LogP contribution in [-0.4, -0.2) is 53.0 Å². The Morgan fingerprint density at radius 2 is 1.82 bits per heavy atom. The van der Waals surface area contributed by atoms with Crippen molar-refractivity contribution in [2.24, 2.45) is 5.92 Å². The SMILES string of the molecule is O=C(c1cccc(CC2CCNCC2)c1)N1CCC(Nc2ncccn2)CC1. The Hall–Kier alpha value is -2.47. The molecule has 1 aromatic heterocycles. The second-order valence-electron chi connectivity index (χ2n) is 7.88. The number of piperidine rings is 2. The number of benzene rings is 1. The van der Waals surface area contributed by atoms with E-state index in [1.165, 1.54) is 18.4 Å². The van der Waals surface area contributed by atoms with Crippen LogP contribution in [0.1, 0.15) is 41.6 Å². The van der Waals surface area contributed by atoms with Crippen molar-refractivity contribution in [3.8, 4) is 0 Å². The lowest BCUT2D eigenvalue weighted by Crippen LogP contribution is -2.42. The van der Waals surface area contributed by atoms with E-state index >= 15 is 0 Å². The number of likely N-dealkylation sites (tertiary alicyclic amines) is 1. The molecule has 2 N–H and O–H groups in total. The second kappa shape index (κ2) is 9.15. The van der Waals surface area contributed by atoms with Crippen molar-refractivity contribution in [2.45, 2.75) is 38.1 Å². The lowest BCUT2D eigenvalue weighted by molar-refractivity contribution is 0.0718. The van der Waals surface area contributed by atoms with Gasteiger partial charge in [-0.15, -0.1) is 0 Å². The van der Waals surface area contributed by atoms with E-state index < -0.39 is 0 Å². The smallest absolute Gasteiger partial charge is 0.253 e. The number of hydrogen-bond acceptors (Lipinski definition) is 5. The van der Waals surface area contributed by atoms with Gasteiger partial charge in [0.05, 0.1) is 0 Å². The van der Waals surface area contributed by atoms with Crippen LogP contribution < -0.4 is 10.6 Å². The van der Waals surface area contributed by atoms with Crippen molar-refractivity contribution in [2.75, 3.05) is 31.5 Å². The summed E-state index contributed by atoms with van der Waals surface area (Å²) in [7, 11) is 0. The molecule has 0 bridgehead atoms. The van der Waals surface area contributed by atoms with Gasteiger partial charge in [0.15, 0.2) is 0 Å². The monoisotopic (exact) mass is 379 g/mol. The first-order valence-corrected chi connectivity index (χ1v) is 10.4. The van der Waals surface area contributed by atoms with E-state index in [0.717, 1.165) is 56.9 Å². The fourth-order valence-corrected chi connectivity index (χ4v) is 4.22. The molecule has 0 atom stereocenters. The predicted octanol–water partition coefficient (Wildman–Crippen LogP) is 2.74. The van der Waals surface area contributed by atoms with Crippen LogP contribution in [0.2, 0.25) is 0 Å². The molecule has 148 valence electrons. The molecular formula is C22H29N5O. The maximum Gasteiger partial charge on any atom is 0.253 e. The van der Waals surface area contributed by atoms with Crippen molar-refractivity contribution in [1.29, 1.82) is 0 Å². The molecule has 0 aliphatic carbocycles. The first-order valence-electron chi connectivity index (χ1n) is 10.4. The molecule has 2 aromatic rings. The Labute approximate surface area is 166 Å². The van der Waals surface area contributed by atoms with E-state index in [2.05, 4.69) is 32.7 Å². The topological polar surface area (TPSA) is 70.2 Å². The quantitative estimate of drug-likeness (QED) is 0.836. The Morgan fingerprint density at radius 1 is 1.07 bits per heavy atom. The summed E-state index contributed by atoms with van der Waals surface area (Å²) in [6.45, 7) is 3.75. The number of nitrogens with zero attached hydrogens (tertiary/aromatic N) is 3. The minimum Gasteiger partial charge on any atom is -0.351 e. The van der Waals surface area contributed by atoms with Crippen LogP contribution in [0.3, 0.4) is 0 Å². The Balaban J connectivity index is 1.31. The number of anilines is 1. The Bertz CT molecular complexity index is 768. The average Bonchev–Trinajstić information content (AvgIpc) is 2.75. The van der Waals surface area contributed by atoms with E-state index in [0.29, 0.717) is 12.0 Å². The summed E-state index contributed by atoms with van der Waals surface area (Å²) in [6.07, 6.45) is 8.84. The van der Waals surface area contributed by atoms with Crippen molar-refractivity contribution in [1.82, 2.24) is 20.2 Å². The molecule has 1 amide bonds. The van der Waals surface area contributed by atoms with Crippen molar-refractivity contribution in [3.63, 3.8) is 0 Å². The summed E-state index contributed by atoms with van der Waals surface area (Å²) in [5, 5.41) is 6.79. The molecular weight excluding hydrogens is 350 g/mol. The molecule has 3 heterocycles. The molecule has 1 aromatic carbocycles. The maximum atomic E-state index is 13.0. The van der Waals surface area contributed by atoms with Gasteiger partial charge in [0, 0.05) is 37.1 Å². The van der Waals surface area contributed by atoms with Crippen LogP contribution in [0.4, 0.5) is 5.95 Å². The van der Waals surface area contributed by atoms with E-state index in [1.807, 2.05) is 23.1 Å². The Kier molecular flexibility index (Phi) is 6.17. The van der Waals surface area contributed by atoms with Gasteiger partial charge in [-0.25, -0.2) is 9.97 Å².